The average Bonchev–Trinajstić information content (AvgIpc) is 2.46. The van der Waals surface area contributed by atoms with E-state index in [4.69, 9.17) is 5.73 Å². The molecule has 2 unspecified atom stereocenters. The summed E-state index contributed by atoms with van der Waals surface area (Å²) in [5.41, 5.74) is 7.97. The second-order valence-electron chi connectivity index (χ2n) is 5.97. The molecule has 1 heterocycles. The summed E-state index contributed by atoms with van der Waals surface area (Å²) in [6.45, 7) is 6.66. The van der Waals surface area contributed by atoms with E-state index in [1.165, 1.54) is 5.56 Å². The Labute approximate surface area is 125 Å². The zero-order valence-corrected chi connectivity index (χ0v) is 13.3. The monoisotopic (exact) mass is 292 g/mol. The molecule has 0 aliphatic carbocycles. The highest BCUT2D eigenvalue weighted by Crippen LogP contribution is 2.37. The molecule has 0 radical (unpaired) electrons. The number of amides is 1. The molecule has 0 aromatic heterocycles. The maximum atomic E-state index is 12.7. The lowest BCUT2D eigenvalue weighted by atomic mass is 9.88. The van der Waals surface area contributed by atoms with Crippen LogP contribution >= 0.6 is 11.8 Å². The molecular weight excluding hydrogens is 268 g/mol. The highest BCUT2D eigenvalue weighted by molar-refractivity contribution is 8.00. The SMILES string of the molecule is CC(C)C(C)(CN)NC(=O)C1SCCc2ccccc21. The standard InChI is InChI=1S/C16H24N2OS/c1-11(2)16(3,10-17)18-15(19)14-13-7-5-4-6-12(13)8-9-20-14/h4-7,11,14H,8-10,17H2,1-3H3,(H,18,19). The van der Waals surface area contributed by atoms with E-state index < -0.39 is 0 Å². The van der Waals surface area contributed by atoms with Crippen molar-refractivity contribution in [1.29, 1.82) is 0 Å². The minimum atomic E-state index is -0.343. The number of aryl methyl sites for hydroxylation is 1. The number of fused-ring (bicyclic) bond motifs is 1. The van der Waals surface area contributed by atoms with Crippen LogP contribution in [-0.4, -0.2) is 23.7 Å². The molecule has 1 aliphatic rings. The highest BCUT2D eigenvalue weighted by Gasteiger charge is 2.33. The molecule has 0 saturated carbocycles. The van der Waals surface area contributed by atoms with Gasteiger partial charge in [0.1, 0.15) is 5.25 Å². The van der Waals surface area contributed by atoms with Gasteiger partial charge >= 0.3 is 0 Å². The summed E-state index contributed by atoms with van der Waals surface area (Å²) in [6.07, 6.45) is 1.04. The van der Waals surface area contributed by atoms with Crippen LogP contribution in [0.25, 0.3) is 0 Å². The Morgan fingerprint density at radius 2 is 2.20 bits per heavy atom. The molecule has 2 atom stereocenters. The van der Waals surface area contributed by atoms with Gasteiger partial charge in [-0.1, -0.05) is 38.1 Å². The Balaban J connectivity index is 2.19. The van der Waals surface area contributed by atoms with E-state index in [9.17, 15) is 4.79 Å². The Bertz CT molecular complexity index is 489. The molecule has 1 aliphatic heterocycles. The Hall–Kier alpha value is -1.00. The van der Waals surface area contributed by atoms with Crippen LogP contribution in [0.4, 0.5) is 0 Å². The van der Waals surface area contributed by atoms with E-state index in [2.05, 4.69) is 31.3 Å². The second-order valence-corrected chi connectivity index (χ2v) is 7.18. The zero-order chi connectivity index (χ0) is 14.8. The quantitative estimate of drug-likeness (QED) is 0.896. The molecule has 1 amide bonds. The largest absolute Gasteiger partial charge is 0.348 e. The van der Waals surface area contributed by atoms with Crippen LogP contribution in [0.2, 0.25) is 0 Å². The van der Waals surface area contributed by atoms with Gasteiger partial charge < -0.3 is 11.1 Å². The van der Waals surface area contributed by atoms with E-state index in [0.29, 0.717) is 12.5 Å². The van der Waals surface area contributed by atoms with Crippen molar-refractivity contribution in [3.05, 3.63) is 35.4 Å². The Morgan fingerprint density at radius 1 is 1.50 bits per heavy atom. The van der Waals surface area contributed by atoms with Crippen molar-refractivity contribution in [3.63, 3.8) is 0 Å². The van der Waals surface area contributed by atoms with Crippen molar-refractivity contribution in [3.8, 4) is 0 Å². The van der Waals surface area contributed by atoms with Gasteiger partial charge in [-0.2, -0.15) is 0 Å². The third-order valence-electron chi connectivity index (χ3n) is 4.34. The van der Waals surface area contributed by atoms with Gasteiger partial charge in [-0.15, -0.1) is 11.8 Å². The summed E-state index contributed by atoms with van der Waals surface area (Å²) in [4.78, 5) is 12.7. The normalized spacial score (nSPS) is 21.1. The number of benzene rings is 1. The predicted molar refractivity (Wildman–Crippen MR) is 85.8 cm³/mol. The maximum Gasteiger partial charge on any atom is 0.238 e. The fourth-order valence-corrected chi connectivity index (χ4v) is 3.58. The van der Waals surface area contributed by atoms with Crippen molar-refractivity contribution >= 4 is 17.7 Å². The molecule has 3 nitrogen and oxygen atoms in total. The smallest absolute Gasteiger partial charge is 0.238 e. The summed E-state index contributed by atoms with van der Waals surface area (Å²) in [5, 5.41) is 3.06. The topological polar surface area (TPSA) is 55.1 Å². The third kappa shape index (κ3) is 3.01. The van der Waals surface area contributed by atoms with E-state index in [0.717, 1.165) is 17.7 Å². The number of nitrogens with one attached hydrogen (secondary N) is 1. The fraction of sp³-hybridized carbons (Fsp3) is 0.562. The molecule has 0 bridgehead atoms. The molecule has 4 heteroatoms. The van der Waals surface area contributed by atoms with Gasteiger partial charge in [0.25, 0.3) is 0 Å². The first-order valence-electron chi connectivity index (χ1n) is 7.19. The number of hydrogen-bond donors (Lipinski definition) is 2. The molecule has 20 heavy (non-hydrogen) atoms. The summed E-state index contributed by atoms with van der Waals surface area (Å²) in [6, 6.07) is 8.25. The van der Waals surface area contributed by atoms with Crippen LogP contribution in [0, 0.1) is 5.92 Å². The van der Waals surface area contributed by atoms with Crippen molar-refractivity contribution in [2.45, 2.75) is 38.0 Å². The lowest BCUT2D eigenvalue weighted by molar-refractivity contribution is -0.122. The third-order valence-corrected chi connectivity index (χ3v) is 5.58. The lowest BCUT2D eigenvalue weighted by Gasteiger charge is -2.36. The molecule has 0 saturated heterocycles. The highest BCUT2D eigenvalue weighted by atomic mass is 32.2. The molecule has 1 aromatic rings. The minimum absolute atomic E-state index is 0.0869. The summed E-state index contributed by atoms with van der Waals surface area (Å²) in [5.74, 6) is 1.39. The number of thioether (sulfide) groups is 1. The van der Waals surface area contributed by atoms with Crippen molar-refractivity contribution in [2.24, 2.45) is 11.7 Å². The molecule has 1 aromatic carbocycles. The van der Waals surface area contributed by atoms with Gasteiger partial charge in [0.15, 0.2) is 0 Å². The second kappa shape index (κ2) is 6.19. The fourth-order valence-electron chi connectivity index (χ4n) is 2.39. The lowest BCUT2D eigenvalue weighted by Crippen LogP contribution is -2.56. The van der Waals surface area contributed by atoms with Crippen LogP contribution in [0.5, 0.6) is 0 Å². The van der Waals surface area contributed by atoms with Gasteiger partial charge in [-0.05, 0) is 36.1 Å². The van der Waals surface area contributed by atoms with Crippen molar-refractivity contribution in [2.75, 3.05) is 12.3 Å². The van der Waals surface area contributed by atoms with Gasteiger partial charge in [-0.25, -0.2) is 0 Å². The van der Waals surface area contributed by atoms with E-state index in [1.807, 2.05) is 19.1 Å². The first-order valence-corrected chi connectivity index (χ1v) is 8.24. The van der Waals surface area contributed by atoms with Crippen molar-refractivity contribution in [1.82, 2.24) is 5.32 Å². The van der Waals surface area contributed by atoms with Crippen LogP contribution in [0.1, 0.15) is 37.1 Å². The predicted octanol–water partition coefficient (Wildman–Crippen LogP) is 2.51. The van der Waals surface area contributed by atoms with Crippen LogP contribution in [0.15, 0.2) is 24.3 Å². The molecule has 0 fully saturated rings. The van der Waals surface area contributed by atoms with Gasteiger partial charge in [0.2, 0.25) is 5.91 Å². The molecule has 2 rings (SSSR count). The summed E-state index contributed by atoms with van der Waals surface area (Å²) >= 11 is 1.72. The Kier molecular flexibility index (Phi) is 4.76. The van der Waals surface area contributed by atoms with Crippen LogP contribution < -0.4 is 11.1 Å². The Morgan fingerprint density at radius 3 is 2.85 bits per heavy atom. The van der Waals surface area contributed by atoms with Crippen LogP contribution in [0.3, 0.4) is 0 Å². The van der Waals surface area contributed by atoms with Gasteiger partial charge in [-0.3, -0.25) is 4.79 Å². The molecule has 3 N–H and O–H groups in total. The van der Waals surface area contributed by atoms with E-state index >= 15 is 0 Å². The van der Waals surface area contributed by atoms with Crippen LogP contribution in [-0.2, 0) is 11.2 Å². The number of carbonyl (C=O) groups excluding carboxylic acids is 1. The molecule has 110 valence electrons. The van der Waals surface area contributed by atoms with Gasteiger partial charge in [0, 0.05) is 6.54 Å². The van der Waals surface area contributed by atoms with Crippen molar-refractivity contribution < 1.29 is 4.79 Å². The number of hydrogen-bond acceptors (Lipinski definition) is 3. The number of nitrogens with two attached hydrogens (primary N) is 1. The van der Waals surface area contributed by atoms with E-state index in [1.54, 1.807) is 11.8 Å². The number of rotatable bonds is 4. The first-order chi connectivity index (χ1) is 9.48. The average molecular weight is 292 g/mol. The molecular formula is C16H24N2OS. The zero-order valence-electron chi connectivity index (χ0n) is 12.5. The van der Waals surface area contributed by atoms with E-state index in [-0.39, 0.29) is 16.7 Å². The maximum absolute atomic E-state index is 12.7. The minimum Gasteiger partial charge on any atom is -0.348 e. The van der Waals surface area contributed by atoms with Gasteiger partial charge in [0.05, 0.1) is 5.54 Å². The number of carbonyl (C=O) groups is 1. The molecule has 0 spiro atoms. The summed E-state index contributed by atoms with van der Waals surface area (Å²) < 4.78 is 0. The summed E-state index contributed by atoms with van der Waals surface area (Å²) in [7, 11) is 0. The first kappa shape index (κ1) is 15.4.